The lowest BCUT2D eigenvalue weighted by Crippen LogP contribution is -2.40. The molecule has 0 aliphatic rings. The molecule has 0 spiro atoms. The van der Waals surface area contributed by atoms with Gasteiger partial charge in [-0.15, -0.1) is 0 Å². The Morgan fingerprint density at radius 2 is 2.12 bits per heavy atom. The van der Waals surface area contributed by atoms with Gasteiger partial charge < -0.3 is 15.8 Å². The van der Waals surface area contributed by atoms with Gasteiger partial charge in [-0.1, -0.05) is 13.8 Å². The van der Waals surface area contributed by atoms with Gasteiger partial charge in [0.05, 0.1) is 13.2 Å². The van der Waals surface area contributed by atoms with Crippen molar-refractivity contribution in [3.63, 3.8) is 0 Å². The predicted molar refractivity (Wildman–Crippen MR) is 69.8 cm³/mol. The third-order valence-electron chi connectivity index (χ3n) is 2.36. The number of amides is 1. The summed E-state index contributed by atoms with van der Waals surface area (Å²) in [6.45, 7) is 8.22. The van der Waals surface area contributed by atoms with Gasteiger partial charge in [-0.05, 0) is 25.4 Å². The number of hydrogen-bond acceptors (Lipinski definition) is 4. The van der Waals surface area contributed by atoms with Crippen LogP contribution in [-0.2, 0) is 9.53 Å². The lowest BCUT2D eigenvalue weighted by Gasteiger charge is -2.21. The predicted octanol–water partition coefficient (Wildman–Crippen LogP) is 0.0558. The Balaban J connectivity index is 3.89. The van der Waals surface area contributed by atoms with Crippen LogP contribution in [-0.4, -0.2) is 57.2 Å². The molecular formula is C12H27N3O2. The fourth-order valence-corrected chi connectivity index (χ4v) is 1.38. The molecule has 3 N–H and O–H groups in total. The van der Waals surface area contributed by atoms with Crippen molar-refractivity contribution in [1.82, 2.24) is 10.2 Å². The van der Waals surface area contributed by atoms with Gasteiger partial charge in [0.25, 0.3) is 0 Å². The molecular weight excluding hydrogens is 218 g/mol. The molecule has 0 aromatic rings. The van der Waals surface area contributed by atoms with Crippen molar-refractivity contribution in [2.45, 2.75) is 20.3 Å². The first-order chi connectivity index (χ1) is 8.10. The summed E-state index contributed by atoms with van der Waals surface area (Å²) in [5, 5.41) is 2.91. The summed E-state index contributed by atoms with van der Waals surface area (Å²) in [4.78, 5) is 13.7. The molecule has 0 heterocycles. The second-order valence-corrected chi connectivity index (χ2v) is 4.61. The van der Waals surface area contributed by atoms with Crippen molar-refractivity contribution in [2.24, 2.45) is 11.7 Å². The molecule has 0 aliphatic heterocycles. The summed E-state index contributed by atoms with van der Waals surface area (Å²) >= 11 is 0. The van der Waals surface area contributed by atoms with Crippen molar-refractivity contribution in [3.05, 3.63) is 0 Å². The zero-order valence-corrected chi connectivity index (χ0v) is 11.4. The van der Waals surface area contributed by atoms with Gasteiger partial charge in [-0.25, -0.2) is 0 Å². The molecule has 5 heteroatoms. The minimum absolute atomic E-state index is 0.0758. The normalized spacial score (nSPS) is 11.2. The Hall–Kier alpha value is -0.650. The van der Waals surface area contributed by atoms with Gasteiger partial charge in [0.1, 0.15) is 0 Å². The van der Waals surface area contributed by atoms with E-state index in [0.717, 1.165) is 26.1 Å². The summed E-state index contributed by atoms with van der Waals surface area (Å²) in [5.74, 6) is 0.558. The fraction of sp³-hybridized carbons (Fsp3) is 0.917. The molecule has 0 bridgehead atoms. The first-order valence-electron chi connectivity index (χ1n) is 6.28. The largest absolute Gasteiger partial charge is 0.383 e. The number of nitrogens with zero attached hydrogens (tertiary/aromatic N) is 1. The van der Waals surface area contributed by atoms with E-state index in [2.05, 4.69) is 24.1 Å². The van der Waals surface area contributed by atoms with Crippen LogP contribution in [0.4, 0.5) is 0 Å². The Kier molecular flexibility index (Phi) is 10.1. The monoisotopic (exact) mass is 245 g/mol. The molecule has 0 saturated carbocycles. The highest BCUT2D eigenvalue weighted by Gasteiger charge is 2.10. The minimum atomic E-state index is 0.0758. The van der Waals surface area contributed by atoms with E-state index >= 15 is 0 Å². The molecule has 17 heavy (non-hydrogen) atoms. The van der Waals surface area contributed by atoms with E-state index in [-0.39, 0.29) is 5.91 Å². The topological polar surface area (TPSA) is 67.6 Å². The Morgan fingerprint density at radius 3 is 2.65 bits per heavy atom. The zero-order valence-electron chi connectivity index (χ0n) is 11.4. The first-order valence-corrected chi connectivity index (χ1v) is 6.28. The third kappa shape index (κ3) is 10.2. The number of nitrogens with one attached hydrogen (secondary N) is 1. The molecule has 0 aromatic heterocycles. The van der Waals surface area contributed by atoms with E-state index < -0.39 is 0 Å². The first kappa shape index (κ1) is 16.4. The van der Waals surface area contributed by atoms with Crippen LogP contribution in [0.2, 0.25) is 0 Å². The smallest absolute Gasteiger partial charge is 0.234 e. The number of carbonyl (C=O) groups is 1. The molecule has 0 fully saturated rings. The van der Waals surface area contributed by atoms with Crippen molar-refractivity contribution in [2.75, 3.05) is 46.4 Å². The summed E-state index contributed by atoms with van der Waals surface area (Å²) in [6.07, 6.45) is 0.904. The van der Waals surface area contributed by atoms with Gasteiger partial charge in [0.15, 0.2) is 0 Å². The molecule has 0 aromatic carbocycles. The number of rotatable bonds is 10. The van der Waals surface area contributed by atoms with Crippen LogP contribution in [0.25, 0.3) is 0 Å². The number of carbonyl (C=O) groups excluding carboxylic acids is 1. The quantitative estimate of drug-likeness (QED) is 0.571. The van der Waals surface area contributed by atoms with Gasteiger partial charge in [-0.3, -0.25) is 9.69 Å². The molecule has 5 nitrogen and oxygen atoms in total. The van der Waals surface area contributed by atoms with Crippen LogP contribution in [0.5, 0.6) is 0 Å². The summed E-state index contributed by atoms with van der Waals surface area (Å²) in [6, 6.07) is 0. The van der Waals surface area contributed by atoms with E-state index in [4.69, 9.17) is 10.5 Å². The van der Waals surface area contributed by atoms with Crippen LogP contribution in [0, 0.1) is 5.92 Å². The van der Waals surface area contributed by atoms with E-state index in [9.17, 15) is 4.79 Å². The lowest BCUT2D eigenvalue weighted by atomic mass is 10.2. The van der Waals surface area contributed by atoms with Crippen molar-refractivity contribution in [3.8, 4) is 0 Å². The van der Waals surface area contributed by atoms with E-state index in [1.54, 1.807) is 7.11 Å². The number of hydrogen-bond donors (Lipinski definition) is 2. The zero-order chi connectivity index (χ0) is 13.1. The van der Waals surface area contributed by atoms with Gasteiger partial charge in [0, 0.05) is 20.2 Å². The maximum atomic E-state index is 11.7. The van der Waals surface area contributed by atoms with Crippen LogP contribution >= 0.6 is 0 Å². The van der Waals surface area contributed by atoms with Gasteiger partial charge >= 0.3 is 0 Å². The summed E-state index contributed by atoms with van der Waals surface area (Å²) in [5.41, 5.74) is 5.48. The number of nitrogens with two attached hydrogens (primary N) is 1. The summed E-state index contributed by atoms with van der Waals surface area (Å²) in [7, 11) is 1.67. The van der Waals surface area contributed by atoms with E-state index in [1.165, 1.54) is 0 Å². The SMILES string of the molecule is COCCN(CCCN)CC(=O)NCC(C)C. The van der Waals surface area contributed by atoms with Crippen LogP contribution in [0.3, 0.4) is 0 Å². The van der Waals surface area contributed by atoms with Crippen LogP contribution in [0.15, 0.2) is 0 Å². The Bertz CT molecular complexity index is 190. The highest BCUT2D eigenvalue weighted by molar-refractivity contribution is 5.77. The maximum absolute atomic E-state index is 11.7. The van der Waals surface area contributed by atoms with Crippen LogP contribution in [0.1, 0.15) is 20.3 Å². The fourth-order valence-electron chi connectivity index (χ4n) is 1.38. The number of ether oxygens (including phenoxy) is 1. The van der Waals surface area contributed by atoms with Crippen molar-refractivity contribution >= 4 is 5.91 Å². The lowest BCUT2D eigenvalue weighted by molar-refractivity contribution is -0.122. The van der Waals surface area contributed by atoms with E-state index in [0.29, 0.717) is 25.6 Å². The molecule has 1 amide bonds. The van der Waals surface area contributed by atoms with Crippen LogP contribution < -0.4 is 11.1 Å². The van der Waals surface area contributed by atoms with Gasteiger partial charge in [0.2, 0.25) is 5.91 Å². The van der Waals surface area contributed by atoms with Crippen molar-refractivity contribution in [1.29, 1.82) is 0 Å². The highest BCUT2D eigenvalue weighted by Crippen LogP contribution is 1.92. The molecule has 0 rings (SSSR count). The second kappa shape index (κ2) is 10.5. The standard InChI is InChI=1S/C12H27N3O2/c1-11(2)9-14-12(16)10-15(6-4-5-13)7-8-17-3/h11H,4-10,13H2,1-3H3,(H,14,16). The average Bonchev–Trinajstić information content (AvgIpc) is 2.30. The van der Waals surface area contributed by atoms with Gasteiger partial charge in [-0.2, -0.15) is 0 Å². The average molecular weight is 245 g/mol. The minimum Gasteiger partial charge on any atom is -0.383 e. The molecule has 0 aliphatic carbocycles. The highest BCUT2D eigenvalue weighted by atomic mass is 16.5. The molecule has 0 radical (unpaired) electrons. The third-order valence-corrected chi connectivity index (χ3v) is 2.36. The second-order valence-electron chi connectivity index (χ2n) is 4.61. The number of methoxy groups -OCH3 is 1. The van der Waals surface area contributed by atoms with Crippen molar-refractivity contribution < 1.29 is 9.53 Å². The Morgan fingerprint density at radius 1 is 1.41 bits per heavy atom. The molecule has 102 valence electrons. The summed E-state index contributed by atoms with van der Waals surface area (Å²) < 4.78 is 5.03. The molecule has 0 unspecified atom stereocenters. The Labute approximate surface area is 105 Å². The van der Waals surface area contributed by atoms with E-state index in [1.807, 2.05) is 0 Å². The molecule has 0 atom stereocenters. The maximum Gasteiger partial charge on any atom is 0.234 e. The molecule has 0 saturated heterocycles.